The van der Waals surface area contributed by atoms with E-state index in [2.05, 4.69) is 0 Å². The van der Waals surface area contributed by atoms with Gasteiger partial charge in [0.1, 0.15) is 11.4 Å². The number of rotatable bonds is 4. The van der Waals surface area contributed by atoms with Crippen molar-refractivity contribution in [1.29, 1.82) is 0 Å². The summed E-state index contributed by atoms with van der Waals surface area (Å²) in [5.41, 5.74) is -0.283. The van der Waals surface area contributed by atoms with Crippen molar-refractivity contribution in [2.45, 2.75) is 12.7 Å². The fraction of sp³-hybridized carbons (Fsp3) is 0.105. The van der Waals surface area contributed by atoms with Gasteiger partial charge in [0.25, 0.3) is 0 Å². The highest BCUT2D eigenvalue weighted by molar-refractivity contribution is 5.95. The molecule has 2 aromatic carbocycles. The topological polar surface area (TPSA) is 42.2 Å². The summed E-state index contributed by atoms with van der Waals surface area (Å²) in [6, 6.07) is 17.6. The highest BCUT2D eigenvalue weighted by atomic mass is 19.4. The second-order valence-corrected chi connectivity index (χ2v) is 5.53. The average molecular weight is 345 g/mol. The quantitative estimate of drug-likeness (QED) is 0.729. The molecule has 0 radical (unpaired) electrons. The van der Waals surface area contributed by atoms with Gasteiger partial charge in [0, 0.05) is 12.1 Å². The van der Waals surface area contributed by atoms with Gasteiger partial charge in [0.05, 0.1) is 0 Å². The number of hydrogen-bond acceptors (Lipinski definition) is 1. The van der Waals surface area contributed by atoms with Gasteiger partial charge in [-0.1, -0.05) is 60.7 Å². The maximum Gasteiger partial charge on any atom is 0.431 e. The summed E-state index contributed by atoms with van der Waals surface area (Å²) in [6.45, 7) is -0.176. The van der Waals surface area contributed by atoms with Crippen LogP contribution in [0.2, 0.25) is 0 Å². The van der Waals surface area contributed by atoms with Gasteiger partial charge in [0.2, 0.25) is 0 Å². The largest absolute Gasteiger partial charge is 0.477 e. The van der Waals surface area contributed by atoms with Gasteiger partial charge in [-0.05, 0) is 17.2 Å². The van der Waals surface area contributed by atoms with Crippen LogP contribution in [0.3, 0.4) is 0 Å². The normalized spacial score (nSPS) is 11.5. The van der Waals surface area contributed by atoms with Crippen molar-refractivity contribution in [3.63, 3.8) is 0 Å². The van der Waals surface area contributed by atoms with Crippen LogP contribution in [-0.4, -0.2) is 15.6 Å². The van der Waals surface area contributed by atoms with Crippen LogP contribution < -0.4 is 0 Å². The van der Waals surface area contributed by atoms with Crippen LogP contribution in [0.4, 0.5) is 13.2 Å². The van der Waals surface area contributed by atoms with Crippen LogP contribution in [0.1, 0.15) is 21.7 Å². The number of hydrogen-bond donors (Lipinski definition) is 1. The molecule has 3 aromatic rings. The second kappa shape index (κ2) is 6.47. The third kappa shape index (κ3) is 3.42. The Hall–Kier alpha value is -3.02. The number of halogens is 3. The maximum absolute atomic E-state index is 13.5. The molecule has 0 saturated carbocycles. The molecule has 25 heavy (non-hydrogen) atoms. The fourth-order valence-corrected chi connectivity index (χ4v) is 2.78. The van der Waals surface area contributed by atoms with Crippen molar-refractivity contribution in [1.82, 2.24) is 4.57 Å². The van der Waals surface area contributed by atoms with E-state index in [1.165, 1.54) is 0 Å². The Kier molecular flexibility index (Phi) is 4.35. The number of benzene rings is 2. The lowest BCUT2D eigenvalue weighted by Crippen LogP contribution is -2.18. The molecule has 1 N–H and O–H groups in total. The lowest BCUT2D eigenvalue weighted by molar-refractivity contribution is -0.143. The van der Waals surface area contributed by atoms with Crippen LogP contribution in [0.5, 0.6) is 0 Å². The number of carboxylic acid groups (broad SMARTS) is 1. The van der Waals surface area contributed by atoms with Gasteiger partial charge in [-0.15, -0.1) is 0 Å². The predicted molar refractivity (Wildman–Crippen MR) is 87.4 cm³/mol. The minimum absolute atomic E-state index is 0.0522. The summed E-state index contributed by atoms with van der Waals surface area (Å²) in [7, 11) is 0. The summed E-state index contributed by atoms with van der Waals surface area (Å²) in [5.74, 6) is -1.40. The van der Waals surface area contributed by atoms with Crippen LogP contribution in [-0.2, 0) is 12.7 Å². The van der Waals surface area contributed by atoms with E-state index < -0.39 is 17.8 Å². The van der Waals surface area contributed by atoms with Crippen molar-refractivity contribution in [2.75, 3.05) is 0 Å². The molecule has 128 valence electrons. The molecule has 3 nitrogen and oxygen atoms in total. The SMILES string of the molecule is O=C(O)c1c(-c2ccccc2)cc(C(F)(F)F)n1Cc1ccccc1. The highest BCUT2D eigenvalue weighted by Crippen LogP contribution is 2.37. The summed E-state index contributed by atoms with van der Waals surface area (Å²) >= 11 is 0. The summed E-state index contributed by atoms with van der Waals surface area (Å²) in [4.78, 5) is 11.8. The van der Waals surface area contributed by atoms with E-state index in [1.54, 1.807) is 60.7 Å². The number of nitrogens with zero attached hydrogens (tertiary/aromatic N) is 1. The first-order valence-corrected chi connectivity index (χ1v) is 7.51. The van der Waals surface area contributed by atoms with Gasteiger partial charge < -0.3 is 9.67 Å². The smallest absolute Gasteiger partial charge is 0.431 e. The van der Waals surface area contributed by atoms with E-state index in [-0.39, 0.29) is 17.8 Å². The van der Waals surface area contributed by atoms with Gasteiger partial charge in [-0.3, -0.25) is 0 Å². The third-order valence-electron chi connectivity index (χ3n) is 3.86. The molecule has 0 aliphatic carbocycles. The van der Waals surface area contributed by atoms with Gasteiger partial charge >= 0.3 is 12.1 Å². The van der Waals surface area contributed by atoms with Gasteiger partial charge in [-0.2, -0.15) is 13.2 Å². The lowest BCUT2D eigenvalue weighted by Gasteiger charge is -2.14. The minimum Gasteiger partial charge on any atom is -0.477 e. The number of carbonyl (C=O) groups is 1. The molecule has 1 heterocycles. The number of aromatic carboxylic acids is 1. The predicted octanol–water partition coefficient (Wildman–Crippen LogP) is 4.92. The Balaban J connectivity index is 2.23. The van der Waals surface area contributed by atoms with Crippen LogP contribution in [0, 0.1) is 0 Å². The monoisotopic (exact) mass is 345 g/mol. The molecule has 0 aliphatic rings. The van der Waals surface area contributed by atoms with Gasteiger partial charge in [0.15, 0.2) is 0 Å². The Morgan fingerprint density at radius 1 is 0.960 bits per heavy atom. The first kappa shape index (κ1) is 16.8. The third-order valence-corrected chi connectivity index (χ3v) is 3.86. The molecule has 0 atom stereocenters. The van der Waals surface area contributed by atoms with E-state index in [9.17, 15) is 23.1 Å². The molecular formula is C19H14F3NO2. The number of carboxylic acids is 1. The zero-order valence-corrected chi connectivity index (χ0v) is 13.0. The van der Waals surface area contributed by atoms with Crippen molar-refractivity contribution in [2.24, 2.45) is 0 Å². The molecule has 0 amide bonds. The van der Waals surface area contributed by atoms with Crippen LogP contribution in [0.25, 0.3) is 11.1 Å². The lowest BCUT2D eigenvalue weighted by atomic mass is 10.1. The number of aromatic nitrogens is 1. The molecule has 3 rings (SSSR count). The minimum atomic E-state index is -4.66. The molecule has 0 spiro atoms. The van der Waals surface area contributed by atoms with Gasteiger partial charge in [-0.25, -0.2) is 4.79 Å². The highest BCUT2D eigenvalue weighted by Gasteiger charge is 2.38. The van der Waals surface area contributed by atoms with Crippen molar-refractivity contribution in [3.05, 3.63) is 83.7 Å². The molecule has 6 heteroatoms. The van der Waals surface area contributed by atoms with Crippen molar-refractivity contribution < 1.29 is 23.1 Å². The summed E-state index contributed by atoms with van der Waals surface area (Å²) < 4.78 is 41.3. The Bertz CT molecular complexity index is 884. The molecule has 1 aromatic heterocycles. The molecule has 0 fully saturated rings. The van der Waals surface area contributed by atoms with Crippen LogP contribution >= 0.6 is 0 Å². The Labute approximate surface area is 142 Å². The zero-order valence-electron chi connectivity index (χ0n) is 13.0. The fourth-order valence-electron chi connectivity index (χ4n) is 2.78. The van der Waals surface area contributed by atoms with E-state index >= 15 is 0 Å². The average Bonchev–Trinajstić information content (AvgIpc) is 2.96. The van der Waals surface area contributed by atoms with E-state index in [0.717, 1.165) is 10.6 Å². The second-order valence-electron chi connectivity index (χ2n) is 5.53. The zero-order chi connectivity index (χ0) is 18.0. The standard InChI is InChI=1S/C19H14F3NO2/c20-19(21,22)16-11-15(14-9-5-2-6-10-14)17(18(24)25)23(16)12-13-7-3-1-4-8-13/h1-11H,12H2,(H,24,25). The van der Waals surface area contributed by atoms with Crippen molar-refractivity contribution in [3.8, 4) is 11.1 Å². The maximum atomic E-state index is 13.5. The molecule has 0 saturated heterocycles. The molecule has 0 bridgehead atoms. The molecular weight excluding hydrogens is 331 g/mol. The van der Waals surface area contributed by atoms with E-state index in [1.807, 2.05) is 0 Å². The molecule has 0 aliphatic heterocycles. The molecule has 0 unspecified atom stereocenters. The first-order chi connectivity index (χ1) is 11.9. The van der Waals surface area contributed by atoms with E-state index in [4.69, 9.17) is 0 Å². The summed E-state index contributed by atoms with van der Waals surface area (Å²) in [5, 5.41) is 9.58. The van der Waals surface area contributed by atoms with Crippen LogP contribution in [0.15, 0.2) is 66.7 Å². The van der Waals surface area contributed by atoms with E-state index in [0.29, 0.717) is 11.1 Å². The number of alkyl halides is 3. The van der Waals surface area contributed by atoms with Crippen molar-refractivity contribution >= 4 is 5.97 Å². The first-order valence-electron chi connectivity index (χ1n) is 7.51. The summed E-state index contributed by atoms with van der Waals surface area (Å²) in [6.07, 6.45) is -4.66. The Morgan fingerprint density at radius 3 is 2.04 bits per heavy atom. The Morgan fingerprint density at radius 2 is 1.52 bits per heavy atom.